The van der Waals surface area contributed by atoms with Crippen molar-refractivity contribution in [3.63, 3.8) is 0 Å². The maximum absolute atomic E-state index is 5.18. The molecule has 0 spiro atoms. The average Bonchev–Trinajstić information content (AvgIpc) is 2.69. The predicted octanol–water partition coefficient (Wildman–Crippen LogP) is 3.20. The Labute approximate surface area is 94.4 Å². The summed E-state index contributed by atoms with van der Waals surface area (Å²) < 4.78 is 0. The van der Waals surface area contributed by atoms with Gasteiger partial charge >= 0.3 is 0 Å². The first-order valence-corrected chi connectivity index (χ1v) is 5.31. The van der Waals surface area contributed by atoms with Gasteiger partial charge in [-0.15, -0.1) is 0 Å². The molecule has 3 rings (SSSR count). The van der Waals surface area contributed by atoms with Crippen LogP contribution in [0.5, 0.6) is 5.75 Å². The van der Waals surface area contributed by atoms with E-state index in [1.807, 2.05) is 12.1 Å². The third kappa shape index (κ3) is 1.31. The van der Waals surface area contributed by atoms with E-state index in [-0.39, 0.29) is 0 Å². The normalized spacial score (nSPS) is 12.1. The molecule has 0 unspecified atom stereocenters. The topological polar surface area (TPSA) is 18.5 Å². The van der Waals surface area contributed by atoms with E-state index >= 15 is 0 Å². The summed E-state index contributed by atoms with van der Waals surface area (Å²) in [6.07, 6.45) is 0.922. The van der Waals surface area contributed by atoms with Crippen LogP contribution >= 0.6 is 0 Å². The standard InChI is InChI=1S/C14H12O2/c1-15-16-14-8-4-7-12-11-6-3-2-5-10(11)9-13(12)14/h2-8H,9H2,1H3. The van der Waals surface area contributed by atoms with E-state index in [0.29, 0.717) is 0 Å². The van der Waals surface area contributed by atoms with Crippen molar-refractivity contribution in [2.45, 2.75) is 6.42 Å². The number of hydrogen-bond acceptors (Lipinski definition) is 2. The van der Waals surface area contributed by atoms with Gasteiger partial charge in [0.25, 0.3) is 0 Å². The van der Waals surface area contributed by atoms with Crippen LogP contribution in [0, 0.1) is 0 Å². The van der Waals surface area contributed by atoms with Crippen molar-refractivity contribution < 1.29 is 9.78 Å². The molecule has 0 fully saturated rings. The third-order valence-corrected chi connectivity index (χ3v) is 2.98. The van der Waals surface area contributed by atoms with Gasteiger partial charge in [-0.05, 0) is 22.8 Å². The Balaban J connectivity index is 2.16. The van der Waals surface area contributed by atoms with Gasteiger partial charge in [0.15, 0.2) is 5.75 Å². The lowest BCUT2D eigenvalue weighted by molar-refractivity contribution is -0.178. The highest BCUT2D eigenvalue weighted by Gasteiger charge is 2.21. The second-order valence-corrected chi connectivity index (χ2v) is 3.87. The fraction of sp³-hybridized carbons (Fsp3) is 0.143. The summed E-state index contributed by atoms with van der Waals surface area (Å²) >= 11 is 0. The Hall–Kier alpha value is -1.80. The molecule has 2 aromatic carbocycles. The lowest BCUT2D eigenvalue weighted by Gasteiger charge is -2.06. The summed E-state index contributed by atoms with van der Waals surface area (Å²) in [6.45, 7) is 0. The van der Waals surface area contributed by atoms with Crippen molar-refractivity contribution in [3.8, 4) is 16.9 Å². The van der Waals surface area contributed by atoms with Gasteiger partial charge in [-0.1, -0.05) is 36.4 Å². The minimum atomic E-state index is 0.816. The van der Waals surface area contributed by atoms with Crippen molar-refractivity contribution in [2.24, 2.45) is 0 Å². The first kappa shape index (κ1) is 9.43. The Morgan fingerprint density at radius 3 is 2.62 bits per heavy atom. The summed E-state index contributed by atoms with van der Waals surface area (Å²) in [7, 11) is 1.53. The fourth-order valence-corrected chi connectivity index (χ4v) is 2.30. The molecular formula is C14H12O2. The second-order valence-electron chi connectivity index (χ2n) is 3.87. The van der Waals surface area contributed by atoms with Gasteiger partial charge in [-0.3, -0.25) is 0 Å². The molecule has 1 aliphatic carbocycles. The van der Waals surface area contributed by atoms with Crippen LogP contribution in [0.2, 0.25) is 0 Å². The minimum absolute atomic E-state index is 0.816. The van der Waals surface area contributed by atoms with Crippen molar-refractivity contribution in [2.75, 3.05) is 7.11 Å². The maximum atomic E-state index is 5.18. The summed E-state index contributed by atoms with van der Waals surface area (Å²) in [6, 6.07) is 14.5. The Morgan fingerprint density at radius 2 is 1.75 bits per heavy atom. The molecule has 0 saturated carbocycles. The highest BCUT2D eigenvalue weighted by Crippen LogP contribution is 2.40. The van der Waals surface area contributed by atoms with Crippen LogP contribution in [0.25, 0.3) is 11.1 Å². The molecule has 2 heteroatoms. The molecule has 16 heavy (non-hydrogen) atoms. The summed E-state index contributed by atoms with van der Waals surface area (Å²) in [5.41, 5.74) is 5.12. The molecule has 0 amide bonds. The Bertz CT molecular complexity index is 532. The monoisotopic (exact) mass is 212 g/mol. The first-order valence-electron chi connectivity index (χ1n) is 5.31. The number of hydrogen-bond donors (Lipinski definition) is 0. The average molecular weight is 212 g/mol. The predicted molar refractivity (Wildman–Crippen MR) is 62.3 cm³/mol. The molecule has 0 radical (unpaired) electrons. The van der Waals surface area contributed by atoms with Crippen molar-refractivity contribution >= 4 is 0 Å². The van der Waals surface area contributed by atoms with Crippen molar-refractivity contribution in [1.29, 1.82) is 0 Å². The summed E-state index contributed by atoms with van der Waals surface area (Å²) in [5, 5.41) is 0. The molecule has 0 aromatic heterocycles. The van der Waals surface area contributed by atoms with Crippen molar-refractivity contribution in [3.05, 3.63) is 53.6 Å². The maximum Gasteiger partial charge on any atom is 0.169 e. The molecule has 0 heterocycles. The molecule has 1 aliphatic rings. The van der Waals surface area contributed by atoms with E-state index in [1.165, 1.54) is 29.4 Å². The van der Waals surface area contributed by atoms with E-state index in [0.717, 1.165) is 12.2 Å². The molecule has 80 valence electrons. The second kappa shape index (κ2) is 3.65. The van der Waals surface area contributed by atoms with Crippen molar-refractivity contribution in [1.82, 2.24) is 0 Å². The lowest BCUT2D eigenvalue weighted by Crippen LogP contribution is -1.94. The highest BCUT2D eigenvalue weighted by molar-refractivity contribution is 5.78. The van der Waals surface area contributed by atoms with Crippen LogP contribution in [0.1, 0.15) is 11.1 Å². The van der Waals surface area contributed by atoms with Gasteiger partial charge in [0.05, 0.1) is 7.11 Å². The molecule has 0 aliphatic heterocycles. The summed E-state index contributed by atoms with van der Waals surface area (Å²) in [5.74, 6) is 0.816. The van der Waals surface area contributed by atoms with Crippen LogP contribution in [-0.2, 0) is 11.3 Å². The fourth-order valence-electron chi connectivity index (χ4n) is 2.30. The van der Waals surface area contributed by atoms with E-state index in [9.17, 15) is 0 Å². The molecule has 2 nitrogen and oxygen atoms in total. The number of fused-ring (bicyclic) bond motifs is 3. The highest BCUT2D eigenvalue weighted by atomic mass is 17.2. The van der Waals surface area contributed by atoms with Gasteiger partial charge < -0.3 is 4.89 Å². The zero-order valence-electron chi connectivity index (χ0n) is 9.07. The third-order valence-electron chi connectivity index (χ3n) is 2.98. The molecule has 2 aromatic rings. The Morgan fingerprint density at radius 1 is 0.938 bits per heavy atom. The lowest BCUT2D eigenvalue weighted by atomic mass is 10.1. The quantitative estimate of drug-likeness (QED) is 0.479. The van der Waals surface area contributed by atoms with Crippen LogP contribution < -0.4 is 4.89 Å². The van der Waals surface area contributed by atoms with E-state index < -0.39 is 0 Å². The number of benzene rings is 2. The van der Waals surface area contributed by atoms with E-state index in [4.69, 9.17) is 9.78 Å². The van der Waals surface area contributed by atoms with Gasteiger partial charge in [0.2, 0.25) is 0 Å². The Kier molecular flexibility index (Phi) is 2.15. The van der Waals surface area contributed by atoms with Gasteiger partial charge in [0, 0.05) is 12.0 Å². The van der Waals surface area contributed by atoms with Crippen LogP contribution in [0.15, 0.2) is 42.5 Å². The smallest absolute Gasteiger partial charge is 0.169 e. The molecule has 0 bridgehead atoms. The zero-order valence-corrected chi connectivity index (χ0v) is 9.07. The molecule has 0 N–H and O–H groups in total. The van der Waals surface area contributed by atoms with Crippen LogP contribution in [0.4, 0.5) is 0 Å². The molecular weight excluding hydrogens is 200 g/mol. The zero-order chi connectivity index (χ0) is 11.0. The summed E-state index contributed by atoms with van der Waals surface area (Å²) in [4.78, 5) is 9.93. The SMILES string of the molecule is COOc1cccc2c1Cc1ccccc1-2. The molecule has 0 atom stereocenters. The number of rotatable bonds is 2. The largest absolute Gasteiger partial charge is 0.338 e. The first-order chi connectivity index (χ1) is 7.90. The van der Waals surface area contributed by atoms with Gasteiger partial charge in [0.1, 0.15) is 0 Å². The van der Waals surface area contributed by atoms with E-state index in [1.54, 1.807) is 0 Å². The van der Waals surface area contributed by atoms with Crippen LogP contribution in [0.3, 0.4) is 0 Å². The minimum Gasteiger partial charge on any atom is -0.338 e. The molecule has 0 saturated heterocycles. The van der Waals surface area contributed by atoms with E-state index in [2.05, 4.69) is 30.3 Å². The van der Waals surface area contributed by atoms with Gasteiger partial charge in [-0.25, -0.2) is 0 Å². The van der Waals surface area contributed by atoms with Crippen LogP contribution in [-0.4, -0.2) is 7.11 Å². The van der Waals surface area contributed by atoms with Gasteiger partial charge in [-0.2, -0.15) is 4.89 Å².